The molecule has 312 valence electrons. The third kappa shape index (κ3) is 7.96. The van der Waals surface area contributed by atoms with Crippen LogP contribution in [0.2, 0.25) is 0 Å². The van der Waals surface area contributed by atoms with Crippen LogP contribution in [0.25, 0.3) is 0 Å². The maximum absolute atomic E-state index is 14.3. The Hall–Kier alpha value is -7.20. The topological polar surface area (TPSA) is 250 Å². The Kier molecular flexibility index (Phi) is 11.5. The molecule has 0 amide bonds. The highest BCUT2D eigenvalue weighted by molar-refractivity contribution is 6.29. The first kappa shape index (κ1) is 42.4. The quantitative estimate of drug-likeness (QED) is 0.103. The summed E-state index contributed by atoms with van der Waals surface area (Å²) in [5.41, 5.74) is -4.26. The predicted molar refractivity (Wildman–Crippen MR) is 207 cm³/mol. The van der Waals surface area contributed by atoms with E-state index in [1.807, 2.05) is 0 Å². The second kappa shape index (κ2) is 16.2. The molecule has 60 heavy (non-hydrogen) atoms. The molecule has 0 saturated heterocycles. The maximum atomic E-state index is 14.3. The first-order valence-electron chi connectivity index (χ1n) is 18.4. The molecule has 0 unspecified atom stereocenters. The molecule has 0 radical (unpaired) electrons. The number of esters is 3. The molecule has 6 rings (SSSR count). The van der Waals surface area contributed by atoms with E-state index in [0.717, 1.165) is 19.1 Å². The number of rotatable bonds is 9. The Labute approximate surface area is 342 Å². The van der Waals surface area contributed by atoms with E-state index >= 15 is 0 Å². The lowest BCUT2D eigenvalue weighted by atomic mass is 9.75. The van der Waals surface area contributed by atoms with E-state index in [-0.39, 0.29) is 93.8 Å². The van der Waals surface area contributed by atoms with Gasteiger partial charge in [0.2, 0.25) is 23.0 Å². The Morgan fingerprint density at radius 2 is 1.35 bits per heavy atom. The van der Waals surface area contributed by atoms with E-state index in [0.29, 0.717) is 5.57 Å². The smallest absolute Gasteiger partial charge is 0.343 e. The van der Waals surface area contributed by atoms with E-state index in [2.05, 4.69) is 0 Å². The second-order valence-corrected chi connectivity index (χ2v) is 14.7. The summed E-state index contributed by atoms with van der Waals surface area (Å²) in [4.78, 5) is 79.8. The minimum absolute atomic E-state index is 0.00879. The van der Waals surface area contributed by atoms with E-state index < -0.39 is 64.1 Å². The first-order valence-corrected chi connectivity index (χ1v) is 18.4. The van der Waals surface area contributed by atoms with Crippen LogP contribution >= 0.6 is 0 Å². The molecule has 16 heteroatoms. The largest absolute Gasteiger partial charge is 0.508 e. The summed E-state index contributed by atoms with van der Waals surface area (Å²) in [6.45, 7) is 5.78. The van der Waals surface area contributed by atoms with Crippen LogP contribution in [0, 0.1) is 13.8 Å². The lowest BCUT2D eigenvalue weighted by molar-refractivity contribution is -0.147. The third-order valence-corrected chi connectivity index (χ3v) is 10.3. The standard InChI is InChI=1S/C44H40O16/c1-21-12-25(46)16-33(48)36(21)41(54)59-43(4)35(50)15-24-14-27(57-19-31(24)39(43)52)8-6-10-29-30-18-28(9-7-11-56-23(3)45)58-20-32(30)40(53)44(5,38(29)51)60-42(55)37-22(2)13-26(47)17-34(37)49/h6-10,12-14,16-18,35,46-50H,11,15,19-20H2,1-5H3/t35-,43-,44-/m1/s1. The van der Waals surface area contributed by atoms with Crippen molar-refractivity contribution in [1.29, 1.82) is 0 Å². The molecule has 2 aliphatic heterocycles. The van der Waals surface area contributed by atoms with E-state index in [9.17, 15) is 54.3 Å². The summed E-state index contributed by atoms with van der Waals surface area (Å²) in [6, 6.07) is 4.28. The van der Waals surface area contributed by atoms with Gasteiger partial charge in [-0.15, -0.1) is 0 Å². The van der Waals surface area contributed by atoms with E-state index in [4.69, 9.17) is 23.7 Å². The van der Waals surface area contributed by atoms with Crippen LogP contribution in [0.4, 0.5) is 0 Å². The van der Waals surface area contributed by atoms with Crippen molar-refractivity contribution in [2.75, 3.05) is 19.8 Å². The van der Waals surface area contributed by atoms with Gasteiger partial charge in [0.15, 0.2) is 5.60 Å². The molecule has 4 aliphatic rings. The fraction of sp³-hybridized carbons (Fsp3) is 0.273. The van der Waals surface area contributed by atoms with Gasteiger partial charge in [0.1, 0.15) is 71.6 Å². The van der Waals surface area contributed by atoms with Crippen molar-refractivity contribution in [3.05, 3.63) is 128 Å². The van der Waals surface area contributed by atoms with Gasteiger partial charge in [-0.05, 0) is 92.5 Å². The van der Waals surface area contributed by atoms with Gasteiger partial charge in [-0.3, -0.25) is 19.2 Å². The first-order chi connectivity index (χ1) is 28.2. The SMILES string of the molecule is CC(=O)OCC=CC1=CC2=C(CO1)C(=O)[C@](C)(OC(=O)c1c(C)cc(O)cc1O)C(=O)C2=CC=CC1=CC2=C(CO1)C(=O)[C@](C)(OC(=O)c1c(C)cc(O)cc1O)[C@H](O)C2. The van der Waals surface area contributed by atoms with Crippen LogP contribution in [-0.2, 0) is 42.9 Å². The molecule has 0 saturated carbocycles. The fourth-order valence-corrected chi connectivity index (χ4v) is 7.14. The molecule has 2 aliphatic carbocycles. The van der Waals surface area contributed by atoms with Crippen molar-refractivity contribution < 1.29 is 78.0 Å². The van der Waals surface area contributed by atoms with Crippen LogP contribution in [0.15, 0.2) is 106 Å². The lowest BCUT2D eigenvalue weighted by Gasteiger charge is -2.39. The average Bonchev–Trinajstić information content (AvgIpc) is 3.15. The minimum atomic E-state index is -2.43. The Morgan fingerprint density at radius 3 is 1.93 bits per heavy atom. The summed E-state index contributed by atoms with van der Waals surface area (Å²) >= 11 is 0. The van der Waals surface area contributed by atoms with Crippen LogP contribution in [-0.4, -0.2) is 97.9 Å². The van der Waals surface area contributed by atoms with Crippen LogP contribution in [0.1, 0.15) is 59.0 Å². The fourth-order valence-electron chi connectivity index (χ4n) is 7.14. The number of hydrogen-bond acceptors (Lipinski definition) is 16. The number of carbonyl (C=O) groups excluding carboxylic acids is 6. The lowest BCUT2D eigenvalue weighted by Crippen LogP contribution is -2.54. The number of phenols is 4. The highest BCUT2D eigenvalue weighted by atomic mass is 16.6. The van der Waals surface area contributed by atoms with Crippen molar-refractivity contribution in [2.45, 2.75) is 58.3 Å². The van der Waals surface area contributed by atoms with Gasteiger partial charge in [0.05, 0.1) is 0 Å². The number of ether oxygens (including phenoxy) is 5. The summed E-state index contributed by atoms with van der Waals surface area (Å²) in [7, 11) is 0. The summed E-state index contributed by atoms with van der Waals surface area (Å²) in [5.74, 6) is -6.73. The van der Waals surface area contributed by atoms with Crippen LogP contribution in [0.5, 0.6) is 23.0 Å². The van der Waals surface area contributed by atoms with Gasteiger partial charge in [-0.25, -0.2) is 9.59 Å². The molecular formula is C44H40O16. The third-order valence-electron chi connectivity index (χ3n) is 10.3. The number of phenolic OH excluding ortho intramolecular Hbond substituents is 4. The number of allylic oxidation sites excluding steroid dienone is 7. The molecule has 2 aromatic rings. The average molecular weight is 825 g/mol. The van der Waals surface area contributed by atoms with Crippen molar-refractivity contribution in [3.63, 3.8) is 0 Å². The van der Waals surface area contributed by atoms with Gasteiger partial charge < -0.3 is 49.2 Å². The highest BCUT2D eigenvalue weighted by Crippen LogP contribution is 2.41. The molecule has 2 aromatic carbocycles. The highest BCUT2D eigenvalue weighted by Gasteiger charge is 2.53. The number of hydrogen-bond donors (Lipinski definition) is 5. The normalized spacial score (nSPS) is 23.5. The van der Waals surface area contributed by atoms with Crippen molar-refractivity contribution in [2.24, 2.45) is 0 Å². The van der Waals surface area contributed by atoms with Gasteiger partial charge >= 0.3 is 17.9 Å². The maximum Gasteiger partial charge on any atom is 0.343 e. The number of aliphatic hydroxyl groups is 1. The molecule has 16 nitrogen and oxygen atoms in total. The second-order valence-electron chi connectivity index (χ2n) is 14.7. The number of aromatic hydroxyl groups is 4. The summed E-state index contributed by atoms with van der Waals surface area (Å²) in [5, 5.41) is 51.4. The van der Waals surface area contributed by atoms with Crippen molar-refractivity contribution in [1.82, 2.24) is 0 Å². The van der Waals surface area contributed by atoms with Gasteiger partial charge in [-0.1, -0.05) is 12.2 Å². The number of aliphatic hydroxyl groups excluding tert-OH is 1. The molecule has 0 fully saturated rings. The molecule has 0 bridgehead atoms. The van der Waals surface area contributed by atoms with Crippen molar-refractivity contribution in [3.8, 4) is 23.0 Å². The van der Waals surface area contributed by atoms with E-state index in [1.165, 1.54) is 82.4 Å². The number of Topliss-reactive ketones (excluding diaryl/α,β-unsaturated/α-hetero) is 3. The molecule has 2 heterocycles. The minimum Gasteiger partial charge on any atom is -0.508 e. The molecular weight excluding hydrogens is 784 g/mol. The zero-order chi connectivity index (χ0) is 43.8. The Morgan fingerprint density at radius 1 is 0.783 bits per heavy atom. The van der Waals surface area contributed by atoms with E-state index in [1.54, 1.807) is 0 Å². The van der Waals surface area contributed by atoms with Crippen LogP contribution in [0.3, 0.4) is 0 Å². The Bertz CT molecular complexity index is 2440. The summed E-state index contributed by atoms with van der Waals surface area (Å²) in [6.07, 6.45) is 8.46. The number of carbonyl (C=O) groups is 6. The Balaban J connectivity index is 1.31. The molecule has 0 spiro atoms. The molecule has 5 N–H and O–H groups in total. The van der Waals surface area contributed by atoms with Gasteiger partial charge in [0, 0.05) is 42.2 Å². The van der Waals surface area contributed by atoms with Crippen LogP contribution < -0.4 is 0 Å². The number of aryl methyl sites for hydroxylation is 2. The van der Waals surface area contributed by atoms with Crippen molar-refractivity contribution >= 4 is 35.3 Å². The zero-order valence-electron chi connectivity index (χ0n) is 33.0. The predicted octanol–water partition coefficient (Wildman–Crippen LogP) is 4.17. The molecule has 0 aromatic heterocycles. The van der Waals surface area contributed by atoms with Gasteiger partial charge in [0.25, 0.3) is 0 Å². The van der Waals surface area contributed by atoms with Gasteiger partial charge in [-0.2, -0.15) is 0 Å². The number of benzene rings is 2. The summed E-state index contributed by atoms with van der Waals surface area (Å²) < 4.78 is 27.6. The zero-order valence-corrected chi connectivity index (χ0v) is 33.0. The monoisotopic (exact) mass is 824 g/mol. The number of ketones is 3. The molecule has 3 atom stereocenters.